The standard InChI is InChI=1S/C24H25FN2O4S/c25-19-8-5-17(6-9-19)13-29-14-23(28)26-11-3-1-2-4-20-15-32-24(27-20)18-7-10-21-22(12-18)31-16-30-21/h5-10,12,15H,1-4,11,13-14,16H2,(H,26,28). The number of hydrogen-bond donors (Lipinski definition) is 1. The molecule has 0 atom stereocenters. The molecule has 2 heterocycles. The van der Waals surface area contributed by atoms with Crippen molar-refractivity contribution >= 4 is 17.2 Å². The van der Waals surface area contributed by atoms with Gasteiger partial charge in [-0.05, 0) is 55.2 Å². The fourth-order valence-electron chi connectivity index (χ4n) is 3.31. The second-order valence-corrected chi connectivity index (χ2v) is 8.35. The van der Waals surface area contributed by atoms with E-state index < -0.39 is 0 Å². The zero-order chi connectivity index (χ0) is 22.2. The van der Waals surface area contributed by atoms with E-state index in [4.69, 9.17) is 19.2 Å². The van der Waals surface area contributed by atoms with Crippen molar-refractivity contribution in [3.8, 4) is 22.1 Å². The van der Waals surface area contributed by atoms with Gasteiger partial charge in [-0.2, -0.15) is 0 Å². The highest BCUT2D eigenvalue weighted by Crippen LogP contribution is 2.36. The number of rotatable bonds is 11. The van der Waals surface area contributed by atoms with E-state index in [-0.39, 0.29) is 31.7 Å². The van der Waals surface area contributed by atoms with Crippen LogP contribution in [0.5, 0.6) is 11.5 Å². The molecule has 0 unspecified atom stereocenters. The maximum Gasteiger partial charge on any atom is 0.246 e. The molecular formula is C24H25FN2O4S. The molecule has 0 bridgehead atoms. The van der Waals surface area contributed by atoms with Crippen molar-refractivity contribution in [2.24, 2.45) is 0 Å². The van der Waals surface area contributed by atoms with Crippen LogP contribution < -0.4 is 14.8 Å². The van der Waals surface area contributed by atoms with E-state index in [2.05, 4.69) is 10.7 Å². The van der Waals surface area contributed by atoms with Crippen LogP contribution in [0.3, 0.4) is 0 Å². The second-order valence-electron chi connectivity index (χ2n) is 7.49. The van der Waals surface area contributed by atoms with Gasteiger partial charge in [-0.25, -0.2) is 9.37 Å². The van der Waals surface area contributed by atoms with Crippen molar-refractivity contribution in [1.82, 2.24) is 10.3 Å². The smallest absolute Gasteiger partial charge is 0.246 e. The zero-order valence-electron chi connectivity index (χ0n) is 17.6. The normalized spacial score (nSPS) is 12.2. The number of aryl methyl sites for hydroxylation is 1. The Bertz CT molecular complexity index is 1040. The number of benzene rings is 2. The van der Waals surface area contributed by atoms with Gasteiger partial charge in [0.15, 0.2) is 11.5 Å². The van der Waals surface area contributed by atoms with Gasteiger partial charge in [0.1, 0.15) is 17.4 Å². The van der Waals surface area contributed by atoms with Gasteiger partial charge in [-0.15, -0.1) is 11.3 Å². The van der Waals surface area contributed by atoms with Crippen LogP contribution in [0, 0.1) is 5.82 Å². The van der Waals surface area contributed by atoms with Crippen LogP contribution in [-0.4, -0.2) is 30.8 Å². The molecule has 0 saturated heterocycles. The summed E-state index contributed by atoms with van der Waals surface area (Å²) in [5.74, 6) is 1.12. The Morgan fingerprint density at radius 2 is 1.94 bits per heavy atom. The van der Waals surface area contributed by atoms with Crippen LogP contribution in [0.15, 0.2) is 47.8 Å². The third kappa shape index (κ3) is 6.27. The molecule has 32 heavy (non-hydrogen) atoms. The Balaban J connectivity index is 1.08. The van der Waals surface area contributed by atoms with E-state index in [0.29, 0.717) is 6.54 Å². The van der Waals surface area contributed by atoms with Gasteiger partial charge in [0, 0.05) is 17.5 Å². The Morgan fingerprint density at radius 3 is 2.81 bits per heavy atom. The molecule has 2 aromatic carbocycles. The Labute approximate surface area is 190 Å². The van der Waals surface area contributed by atoms with Crippen molar-refractivity contribution in [2.45, 2.75) is 32.3 Å². The van der Waals surface area contributed by atoms with Crippen LogP contribution in [0.2, 0.25) is 0 Å². The number of nitrogens with one attached hydrogen (secondary N) is 1. The lowest BCUT2D eigenvalue weighted by atomic mass is 10.1. The molecular weight excluding hydrogens is 431 g/mol. The first-order valence-electron chi connectivity index (χ1n) is 10.6. The molecule has 0 aliphatic carbocycles. The number of aromatic nitrogens is 1. The van der Waals surface area contributed by atoms with Crippen molar-refractivity contribution < 1.29 is 23.4 Å². The molecule has 1 N–H and O–H groups in total. The Morgan fingerprint density at radius 1 is 1.09 bits per heavy atom. The molecule has 168 valence electrons. The van der Waals surface area contributed by atoms with Gasteiger partial charge in [0.2, 0.25) is 12.7 Å². The number of nitrogens with zero attached hydrogens (tertiary/aromatic N) is 1. The fourth-order valence-corrected chi connectivity index (χ4v) is 4.16. The predicted molar refractivity (Wildman–Crippen MR) is 120 cm³/mol. The largest absolute Gasteiger partial charge is 0.454 e. The first-order valence-corrected chi connectivity index (χ1v) is 11.5. The first kappa shape index (κ1) is 22.2. The number of halogens is 1. The van der Waals surface area contributed by atoms with Crippen LogP contribution >= 0.6 is 11.3 Å². The lowest BCUT2D eigenvalue weighted by Gasteiger charge is -2.06. The highest BCUT2D eigenvalue weighted by atomic mass is 32.1. The number of unbranched alkanes of at least 4 members (excludes halogenated alkanes) is 2. The maximum atomic E-state index is 12.9. The van der Waals surface area contributed by atoms with E-state index in [1.54, 1.807) is 23.5 Å². The second kappa shape index (κ2) is 11.1. The summed E-state index contributed by atoms with van der Waals surface area (Å²) in [7, 11) is 0. The van der Waals surface area contributed by atoms with Gasteiger partial charge < -0.3 is 19.5 Å². The van der Waals surface area contributed by atoms with Crippen molar-refractivity contribution in [1.29, 1.82) is 0 Å². The molecule has 1 aliphatic rings. The lowest BCUT2D eigenvalue weighted by Crippen LogP contribution is -2.28. The fraction of sp³-hybridized carbons (Fsp3) is 0.333. The third-order valence-corrected chi connectivity index (χ3v) is 5.96. The molecule has 8 heteroatoms. The molecule has 0 saturated carbocycles. The van der Waals surface area contributed by atoms with Gasteiger partial charge in [0.25, 0.3) is 0 Å². The minimum atomic E-state index is -0.286. The average molecular weight is 457 g/mol. The van der Waals surface area contributed by atoms with Crippen LogP contribution in [-0.2, 0) is 22.6 Å². The van der Waals surface area contributed by atoms with Gasteiger partial charge in [0.05, 0.1) is 12.3 Å². The maximum absolute atomic E-state index is 12.9. The van der Waals surface area contributed by atoms with E-state index >= 15 is 0 Å². The SMILES string of the molecule is O=C(COCc1ccc(F)cc1)NCCCCCc1csc(-c2ccc3c(c2)OCO3)n1. The van der Waals surface area contributed by atoms with Gasteiger partial charge in [-0.3, -0.25) is 4.79 Å². The van der Waals surface area contributed by atoms with Crippen LogP contribution in [0.4, 0.5) is 4.39 Å². The minimum Gasteiger partial charge on any atom is -0.454 e. The van der Waals surface area contributed by atoms with Crippen molar-refractivity contribution in [3.05, 3.63) is 64.9 Å². The number of fused-ring (bicyclic) bond motifs is 1. The average Bonchev–Trinajstić information content (AvgIpc) is 3.46. The molecule has 0 radical (unpaired) electrons. The van der Waals surface area contributed by atoms with E-state index in [9.17, 15) is 9.18 Å². The number of thiazole rings is 1. The number of carbonyl (C=O) groups excluding carboxylic acids is 1. The predicted octanol–water partition coefficient (Wildman–Crippen LogP) is 4.72. The van der Waals surface area contributed by atoms with E-state index in [1.807, 2.05) is 18.2 Å². The third-order valence-electron chi connectivity index (χ3n) is 5.02. The number of carbonyl (C=O) groups is 1. The molecule has 1 aromatic heterocycles. The number of ether oxygens (including phenoxy) is 3. The molecule has 1 amide bonds. The quantitative estimate of drug-likeness (QED) is 0.423. The topological polar surface area (TPSA) is 69.7 Å². The summed E-state index contributed by atoms with van der Waals surface area (Å²) in [4.78, 5) is 16.6. The van der Waals surface area contributed by atoms with Crippen LogP contribution in [0.25, 0.3) is 10.6 Å². The number of amides is 1. The van der Waals surface area contributed by atoms with Crippen LogP contribution in [0.1, 0.15) is 30.5 Å². The Kier molecular flexibility index (Phi) is 7.68. The van der Waals surface area contributed by atoms with Crippen molar-refractivity contribution in [2.75, 3.05) is 19.9 Å². The summed E-state index contributed by atoms with van der Waals surface area (Å²) in [6, 6.07) is 11.9. The molecule has 4 rings (SSSR count). The summed E-state index contributed by atoms with van der Waals surface area (Å²) >= 11 is 1.63. The Hall–Kier alpha value is -2.97. The first-order chi connectivity index (χ1) is 15.7. The summed E-state index contributed by atoms with van der Waals surface area (Å²) < 4.78 is 29.0. The highest BCUT2D eigenvalue weighted by Gasteiger charge is 2.15. The summed E-state index contributed by atoms with van der Waals surface area (Å²) in [5, 5.41) is 5.94. The molecule has 1 aliphatic heterocycles. The lowest BCUT2D eigenvalue weighted by molar-refractivity contribution is -0.126. The summed E-state index contributed by atoms with van der Waals surface area (Å²) in [6.07, 6.45) is 3.84. The van der Waals surface area contributed by atoms with Crippen molar-refractivity contribution in [3.63, 3.8) is 0 Å². The molecule has 0 fully saturated rings. The zero-order valence-corrected chi connectivity index (χ0v) is 18.5. The number of hydrogen-bond acceptors (Lipinski definition) is 6. The van der Waals surface area contributed by atoms with Gasteiger partial charge >= 0.3 is 0 Å². The summed E-state index contributed by atoms with van der Waals surface area (Å²) in [6.45, 7) is 1.18. The summed E-state index contributed by atoms with van der Waals surface area (Å²) in [5.41, 5.74) is 2.96. The monoisotopic (exact) mass is 456 g/mol. The molecule has 3 aromatic rings. The van der Waals surface area contributed by atoms with E-state index in [0.717, 1.165) is 59.0 Å². The minimum absolute atomic E-state index is 0.00116. The van der Waals surface area contributed by atoms with E-state index in [1.165, 1.54) is 12.1 Å². The van der Waals surface area contributed by atoms with Gasteiger partial charge in [-0.1, -0.05) is 18.6 Å². The molecule has 0 spiro atoms. The molecule has 6 nitrogen and oxygen atoms in total. The highest BCUT2D eigenvalue weighted by molar-refractivity contribution is 7.13.